The number of thioether (sulfide) groups is 1. The van der Waals surface area contributed by atoms with Gasteiger partial charge in [-0.2, -0.15) is 0 Å². The molecule has 5 nitrogen and oxygen atoms in total. The molecule has 4 rings (SSSR count). The first kappa shape index (κ1) is 17.9. The Hall–Kier alpha value is -2.51. The van der Waals surface area contributed by atoms with Crippen LogP contribution in [0.15, 0.2) is 47.4 Å². The highest BCUT2D eigenvalue weighted by Gasteiger charge is 2.32. The number of ether oxygens (including phenoxy) is 3. The molecule has 2 aliphatic heterocycles. The molecule has 0 saturated carbocycles. The summed E-state index contributed by atoms with van der Waals surface area (Å²) in [5.74, 6) is 2.14. The zero-order valence-electron chi connectivity index (χ0n) is 14.6. The summed E-state index contributed by atoms with van der Waals surface area (Å²) in [4.78, 5) is 15.0. The molecule has 0 bridgehead atoms. The van der Waals surface area contributed by atoms with E-state index in [0.29, 0.717) is 28.1 Å². The highest BCUT2D eigenvalue weighted by Crippen LogP contribution is 2.36. The fourth-order valence-corrected chi connectivity index (χ4v) is 4.09. The molecular weight excluding hydrogens is 382 g/mol. The van der Waals surface area contributed by atoms with E-state index in [4.69, 9.17) is 26.4 Å². The second-order valence-corrected chi connectivity index (χ2v) is 7.63. The molecule has 2 aliphatic rings. The molecule has 2 aromatic carbocycles. The summed E-state index contributed by atoms with van der Waals surface area (Å²) >= 11 is 6.73. The number of nitrogens with zero attached hydrogens (tertiary/aromatic N) is 1. The lowest BCUT2D eigenvalue weighted by Gasteiger charge is -2.14. The molecule has 2 heterocycles. The highest BCUT2D eigenvalue weighted by atomic mass is 32.2. The first-order chi connectivity index (χ1) is 13.1. The van der Waals surface area contributed by atoms with E-state index in [0.717, 1.165) is 22.6 Å². The van der Waals surface area contributed by atoms with Gasteiger partial charge in [0.15, 0.2) is 11.5 Å². The number of amides is 1. The zero-order valence-corrected chi connectivity index (χ0v) is 16.3. The summed E-state index contributed by atoms with van der Waals surface area (Å²) in [6.07, 6.45) is 1.86. The van der Waals surface area contributed by atoms with Gasteiger partial charge in [-0.15, -0.1) is 0 Å². The van der Waals surface area contributed by atoms with Gasteiger partial charge < -0.3 is 14.2 Å². The van der Waals surface area contributed by atoms with Crippen LogP contribution in [-0.2, 0) is 11.3 Å². The van der Waals surface area contributed by atoms with E-state index in [1.165, 1.54) is 11.8 Å². The Morgan fingerprint density at radius 2 is 1.96 bits per heavy atom. The summed E-state index contributed by atoms with van der Waals surface area (Å²) < 4.78 is 16.7. The quantitative estimate of drug-likeness (QED) is 0.554. The van der Waals surface area contributed by atoms with Crippen LogP contribution in [0.1, 0.15) is 18.1 Å². The van der Waals surface area contributed by atoms with E-state index in [2.05, 4.69) is 0 Å². The van der Waals surface area contributed by atoms with Crippen molar-refractivity contribution in [2.24, 2.45) is 0 Å². The number of carbonyl (C=O) groups excluding carboxylic acids is 1. The maximum absolute atomic E-state index is 12.8. The number of hydrogen-bond donors (Lipinski definition) is 0. The van der Waals surface area contributed by atoms with Crippen LogP contribution in [0.2, 0.25) is 0 Å². The number of thiocarbonyl (C=S) groups is 1. The fourth-order valence-electron chi connectivity index (χ4n) is 2.84. The van der Waals surface area contributed by atoms with Crippen LogP contribution in [0, 0.1) is 0 Å². The lowest BCUT2D eigenvalue weighted by atomic mass is 10.2. The smallest absolute Gasteiger partial charge is 0.266 e. The third-order valence-corrected chi connectivity index (χ3v) is 5.52. The van der Waals surface area contributed by atoms with E-state index >= 15 is 0 Å². The molecule has 1 saturated heterocycles. The van der Waals surface area contributed by atoms with Gasteiger partial charge in [0.05, 0.1) is 18.1 Å². The SMILES string of the molecule is CCOc1ccc(C=C2SC(=S)N(Cc3ccc4c(c3)OCO4)C2=O)cc1. The van der Waals surface area contributed by atoms with Crippen molar-refractivity contribution in [2.45, 2.75) is 13.5 Å². The van der Waals surface area contributed by atoms with Crippen LogP contribution in [0.5, 0.6) is 17.2 Å². The van der Waals surface area contributed by atoms with Gasteiger partial charge in [-0.3, -0.25) is 9.69 Å². The molecule has 0 radical (unpaired) electrons. The number of benzene rings is 2. The Morgan fingerprint density at radius 3 is 2.74 bits per heavy atom. The molecule has 138 valence electrons. The first-order valence-corrected chi connectivity index (χ1v) is 9.73. The second-order valence-electron chi connectivity index (χ2n) is 5.96. The molecule has 0 unspecified atom stereocenters. The fraction of sp³-hybridized carbons (Fsp3) is 0.200. The summed E-state index contributed by atoms with van der Waals surface area (Å²) in [7, 11) is 0. The zero-order chi connectivity index (χ0) is 18.8. The van der Waals surface area contributed by atoms with Crippen molar-refractivity contribution in [1.29, 1.82) is 0 Å². The number of carbonyl (C=O) groups is 1. The average Bonchev–Trinajstić information content (AvgIpc) is 3.23. The van der Waals surface area contributed by atoms with E-state index in [-0.39, 0.29) is 12.7 Å². The maximum atomic E-state index is 12.8. The summed E-state index contributed by atoms with van der Waals surface area (Å²) in [6, 6.07) is 13.3. The number of hydrogen-bond acceptors (Lipinski definition) is 6. The van der Waals surface area contributed by atoms with Gasteiger partial charge in [0.2, 0.25) is 6.79 Å². The van der Waals surface area contributed by atoms with Crippen molar-refractivity contribution in [3.63, 3.8) is 0 Å². The minimum Gasteiger partial charge on any atom is -0.494 e. The van der Waals surface area contributed by atoms with E-state index in [1.54, 1.807) is 4.90 Å². The predicted octanol–water partition coefficient (Wildman–Crippen LogP) is 4.22. The van der Waals surface area contributed by atoms with Gasteiger partial charge in [-0.25, -0.2) is 0 Å². The Morgan fingerprint density at radius 1 is 1.19 bits per heavy atom. The molecule has 0 aliphatic carbocycles. The van der Waals surface area contributed by atoms with Gasteiger partial charge in [0, 0.05) is 0 Å². The normalized spacial score (nSPS) is 17.1. The van der Waals surface area contributed by atoms with Crippen LogP contribution in [0.25, 0.3) is 6.08 Å². The maximum Gasteiger partial charge on any atom is 0.266 e. The second kappa shape index (κ2) is 7.62. The number of fused-ring (bicyclic) bond motifs is 1. The van der Waals surface area contributed by atoms with Crippen LogP contribution < -0.4 is 14.2 Å². The van der Waals surface area contributed by atoms with Gasteiger partial charge in [-0.1, -0.05) is 42.2 Å². The molecule has 7 heteroatoms. The minimum atomic E-state index is -0.0865. The Balaban J connectivity index is 1.49. The van der Waals surface area contributed by atoms with Crippen LogP contribution in [0.3, 0.4) is 0 Å². The Bertz CT molecular complexity index is 924. The van der Waals surface area contributed by atoms with E-state index in [9.17, 15) is 4.79 Å². The molecule has 2 aromatic rings. The van der Waals surface area contributed by atoms with Crippen molar-refractivity contribution >= 4 is 40.3 Å². The van der Waals surface area contributed by atoms with Gasteiger partial charge in [-0.05, 0) is 48.4 Å². The van der Waals surface area contributed by atoms with Gasteiger partial charge in [0.25, 0.3) is 5.91 Å². The summed E-state index contributed by atoms with van der Waals surface area (Å²) in [5, 5.41) is 0. The molecule has 0 N–H and O–H groups in total. The highest BCUT2D eigenvalue weighted by molar-refractivity contribution is 8.26. The van der Waals surface area contributed by atoms with Crippen LogP contribution in [0.4, 0.5) is 0 Å². The summed E-state index contributed by atoms with van der Waals surface area (Å²) in [6.45, 7) is 3.20. The van der Waals surface area contributed by atoms with E-state index < -0.39 is 0 Å². The van der Waals surface area contributed by atoms with Crippen molar-refractivity contribution in [3.8, 4) is 17.2 Å². The molecular formula is C20H17NO4S2. The topological polar surface area (TPSA) is 48.0 Å². The third kappa shape index (κ3) is 3.79. The minimum absolute atomic E-state index is 0.0865. The lowest BCUT2D eigenvalue weighted by Crippen LogP contribution is -2.27. The molecule has 1 fully saturated rings. The van der Waals surface area contributed by atoms with Gasteiger partial charge >= 0.3 is 0 Å². The van der Waals surface area contributed by atoms with Crippen LogP contribution >= 0.6 is 24.0 Å². The largest absolute Gasteiger partial charge is 0.494 e. The Labute approximate surface area is 166 Å². The van der Waals surface area contributed by atoms with Crippen LogP contribution in [-0.4, -0.2) is 28.5 Å². The summed E-state index contributed by atoms with van der Waals surface area (Å²) in [5.41, 5.74) is 1.87. The standard InChI is InChI=1S/C20H17NO4S2/c1-2-23-15-6-3-13(4-7-15)10-18-19(22)21(20(26)27-18)11-14-5-8-16-17(9-14)25-12-24-16/h3-10H,2,11-12H2,1H3. The molecule has 0 aromatic heterocycles. The monoisotopic (exact) mass is 399 g/mol. The molecule has 27 heavy (non-hydrogen) atoms. The third-order valence-electron chi connectivity index (χ3n) is 4.14. The average molecular weight is 399 g/mol. The molecule has 0 spiro atoms. The molecule has 0 atom stereocenters. The van der Waals surface area contributed by atoms with Crippen molar-refractivity contribution in [3.05, 3.63) is 58.5 Å². The predicted molar refractivity (Wildman–Crippen MR) is 109 cm³/mol. The Kier molecular flexibility index (Phi) is 5.05. The van der Waals surface area contributed by atoms with E-state index in [1.807, 2.05) is 55.5 Å². The van der Waals surface area contributed by atoms with Gasteiger partial charge in [0.1, 0.15) is 10.1 Å². The van der Waals surface area contributed by atoms with Crippen molar-refractivity contribution in [2.75, 3.05) is 13.4 Å². The lowest BCUT2D eigenvalue weighted by molar-refractivity contribution is -0.122. The molecule has 1 amide bonds. The van der Waals surface area contributed by atoms with Crippen molar-refractivity contribution < 1.29 is 19.0 Å². The van der Waals surface area contributed by atoms with Crippen molar-refractivity contribution in [1.82, 2.24) is 4.90 Å². The number of rotatable bonds is 5. The first-order valence-electron chi connectivity index (χ1n) is 8.51.